The molecule has 1 saturated heterocycles. The van der Waals surface area contributed by atoms with Gasteiger partial charge in [0.05, 0.1) is 0 Å². The smallest absolute Gasteiger partial charge is 0.324 e. The third-order valence-corrected chi connectivity index (χ3v) is 2.37. The molecule has 2 heterocycles. The maximum atomic E-state index is 11.6. The highest BCUT2D eigenvalue weighted by Crippen LogP contribution is 2.09. The Hall–Kier alpha value is -1.52. The van der Waals surface area contributed by atoms with Crippen LogP contribution in [0.25, 0.3) is 0 Å². The van der Waals surface area contributed by atoms with Crippen LogP contribution in [0.15, 0.2) is 12.4 Å². The molecule has 0 saturated carbocycles. The number of nitrogens with one attached hydrogen (secondary N) is 2. The number of urea groups is 1. The van der Waals surface area contributed by atoms with Crippen LogP contribution in [-0.4, -0.2) is 34.0 Å². The second kappa shape index (κ2) is 4.13. The predicted octanol–water partition coefficient (Wildman–Crippen LogP) is 1.43. The molecule has 0 spiro atoms. The Bertz CT molecular complexity index is 290. The van der Waals surface area contributed by atoms with Crippen molar-refractivity contribution in [1.29, 1.82) is 0 Å². The average molecular weight is 194 g/mol. The van der Waals surface area contributed by atoms with Gasteiger partial charge in [0.2, 0.25) is 5.95 Å². The number of aromatic nitrogens is 2. The third kappa shape index (κ3) is 2.04. The average Bonchev–Trinajstić information content (AvgIpc) is 2.72. The van der Waals surface area contributed by atoms with Gasteiger partial charge in [0.25, 0.3) is 0 Å². The Labute approximate surface area is 82.5 Å². The first-order chi connectivity index (χ1) is 6.86. The number of carbonyl (C=O) groups is 1. The molecule has 0 aliphatic carbocycles. The number of imidazole rings is 1. The number of carbonyl (C=O) groups excluding carboxylic acids is 1. The predicted molar refractivity (Wildman–Crippen MR) is 53.0 cm³/mol. The third-order valence-electron chi connectivity index (χ3n) is 2.37. The van der Waals surface area contributed by atoms with E-state index in [2.05, 4.69) is 15.3 Å². The minimum absolute atomic E-state index is 0.0559. The van der Waals surface area contributed by atoms with Crippen molar-refractivity contribution in [2.45, 2.75) is 19.3 Å². The Kier molecular flexibility index (Phi) is 2.67. The molecule has 1 aliphatic heterocycles. The highest BCUT2D eigenvalue weighted by molar-refractivity contribution is 5.87. The summed E-state index contributed by atoms with van der Waals surface area (Å²) in [5, 5.41) is 2.71. The molecule has 0 radical (unpaired) electrons. The molecule has 14 heavy (non-hydrogen) atoms. The lowest BCUT2D eigenvalue weighted by molar-refractivity contribution is 0.200. The van der Waals surface area contributed by atoms with Gasteiger partial charge in [0.15, 0.2) is 0 Å². The van der Waals surface area contributed by atoms with Crippen LogP contribution in [0.3, 0.4) is 0 Å². The van der Waals surface area contributed by atoms with Gasteiger partial charge in [-0.05, 0) is 19.3 Å². The van der Waals surface area contributed by atoms with Crippen LogP contribution in [0.4, 0.5) is 10.7 Å². The van der Waals surface area contributed by atoms with Crippen molar-refractivity contribution in [2.24, 2.45) is 0 Å². The first-order valence-electron chi connectivity index (χ1n) is 4.91. The monoisotopic (exact) mass is 194 g/mol. The summed E-state index contributed by atoms with van der Waals surface area (Å²) in [5.41, 5.74) is 0. The van der Waals surface area contributed by atoms with Crippen LogP contribution >= 0.6 is 0 Å². The van der Waals surface area contributed by atoms with Gasteiger partial charge in [-0.2, -0.15) is 0 Å². The molecule has 2 rings (SSSR count). The summed E-state index contributed by atoms with van der Waals surface area (Å²) in [6.45, 7) is 1.71. The zero-order valence-corrected chi connectivity index (χ0v) is 7.99. The quantitative estimate of drug-likeness (QED) is 0.710. The molecule has 0 bridgehead atoms. The highest BCUT2D eigenvalue weighted by Gasteiger charge is 2.16. The lowest BCUT2D eigenvalue weighted by Gasteiger charge is -2.26. The Morgan fingerprint density at radius 1 is 1.43 bits per heavy atom. The van der Waals surface area contributed by atoms with Gasteiger partial charge in [0.1, 0.15) is 0 Å². The summed E-state index contributed by atoms with van der Waals surface area (Å²) in [5.74, 6) is 0.514. The van der Waals surface area contributed by atoms with Crippen molar-refractivity contribution in [2.75, 3.05) is 18.4 Å². The fourth-order valence-electron chi connectivity index (χ4n) is 1.61. The maximum absolute atomic E-state index is 11.6. The minimum Gasteiger partial charge on any atom is -0.331 e. The van der Waals surface area contributed by atoms with Crippen LogP contribution in [0.2, 0.25) is 0 Å². The molecule has 1 aromatic heterocycles. The molecule has 5 nitrogen and oxygen atoms in total. The maximum Gasteiger partial charge on any atom is 0.324 e. The van der Waals surface area contributed by atoms with Gasteiger partial charge in [-0.1, -0.05) is 0 Å². The number of likely N-dealkylation sites (tertiary alicyclic amines) is 1. The summed E-state index contributed by atoms with van der Waals surface area (Å²) in [4.78, 5) is 20.2. The van der Waals surface area contributed by atoms with Crippen molar-refractivity contribution in [1.82, 2.24) is 14.9 Å². The largest absolute Gasteiger partial charge is 0.331 e. The van der Waals surface area contributed by atoms with Gasteiger partial charge in [0, 0.05) is 25.5 Å². The lowest BCUT2D eigenvalue weighted by atomic mass is 10.1. The number of amides is 2. The van der Waals surface area contributed by atoms with Crippen LogP contribution < -0.4 is 5.32 Å². The van der Waals surface area contributed by atoms with Gasteiger partial charge in [-0.15, -0.1) is 0 Å². The van der Waals surface area contributed by atoms with Crippen LogP contribution in [0.5, 0.6) is 0 Å². The van der Waals surface area contributed by atoms with Crippen LogP contribution in [0, 0.1) is 0 Å². The number of hydrogen-bond acceptors (Lipinski definition) is 2. The molecule has 1 fully saturated rings. The normalized spacial score (nSPS) is 16.7. The van der Waals surface area contributed by atoms with E-state index in [0.29, 0.717) is 5.95 Å². The Balaban J connectivity index is 1.88. The standard InChI is InChI=1S/C9H14N4O/c14-9(12-8-10-4-5-11-8)13-6-2-1-3-7-13/h4-5H,1-3,6-7H2,(H2,10,11,12,14). The number of nitrogens with zero attached hydrogens (tertiary/aromatic N) is 2. The summed E-state index contributed by atoms with van der Waals surface area (Å²) < 4.78 is 0. The molecule has 0 unspecified atom stereocenters. The van der Waals surface area contributed by atoms with E-state index >= 15 is 0 Å². The van der Waals surface area contributed by atoms with E-state index in [1.54, 1.807) is 12.4 Å². The summed E-state index contributed by atoms with van der Waals surface area (Å²) in [6.07, 6.45) is 6.74. The van der Waals surface area contributed by atoms with Gasteiger partial charge in [-0.3, -0.25) is 5.32 Å². The number of rotatable bonds is 1. The summed E-state index contributed by atoms with van der Waals surface area (Å²) >= 11 is 0. The molecule has 5 heteroatoms. The fourth-order valence-corrected chi connectivity index (χ4v) is 1.61. The van der Waals surface area contributed by atoms with E-state index in [-0.39, 0.29) is 6.03 Å². The molecule has 1 aliphatic rings. The molecule has 2 N–H and O–H groups in total. The molecule has 0 atom stereocenters. The lowest BCUT2D eigenvalue weighted by Crippen LogP contribution is -2.38. The van der Waals surface area contributed by atoms with E-state index in [1.165, 1.54) is 6.42 Å². The van der Waals surface area contributed by atoms with Crippen molar-refractivity contribution in [3.63, 3.8) is 0 Å². The number of piperidine rings is 1. The van der Waals surface area contributed by atoms with E-state index in [9.17, 15) is 4.79 Å². The van der Waals surface area contributed by atoms with E-state index in [1.807, 2.05) is 4.90 Å². The topological polar surface area (TPSA) is 61.0 Å². The number of H-pyrrole nitrogens is 1. The van der Waals surface area contributed by atoms with Gasteiger partial charge < -0.3 is 9.88 Å². The highest BCUT2D eigenvalue weighted by atomic mass is 16.2. The zero-order valence-electron chi connectivity index (χ0n) is 7.99. The molecule has 76 valence electrons. The zero-order chi connectivity index (χ0) is 9.80. The number of aromatic amines is 1. The SMILES string of the molecule is O=C(Nc1ncc[nH]1)N1CCCCC1. The minimum atomic E-state index is -0.0559. The Morgan fingerprint density at radius 3 is 2.86 bits per heavy atom. The van der Waals surface area contributed by atoms with E-state index in [0.717, 1.165) is 25.9 Å². The molecule has 0 aromatic carbocycles. The molecular weight excluding hydrogens is 180 g/mol. The van der Waals surface area contributed by atoms with E-state index in [4.69, 9.17) is 0 Å². The number of hydrogen-bond donors (Lipinski definition) is 2. The molecular formula is C9H14N4O. The number of anilines is 1. The van der Waals surface area contributed by atoms with Crippen molar-refractivity contribution in [3.05, 3.63) is 12.4 Å². The first-order valence-corrected chi connectivity index (χ1v) is 4.91. The fraction of sp³-hybridized carbons (Fsp3) is 0.556. The second-order valence-corrected chi connectivity index (χ2v) is 3.42. The second-order valence-electron chi connectivity index (χ2n) is 3.42. The summed E-state index contributed by atoms with van der Waals surface area (Å²) in [6, 6.07) is -0.0559. The van der Waals surface area contributed by atoms with Crippen LogP contribution in [0.1, 0.15) is 19.3 Å². The Morgan fingerprint density at radius 2 is 2.21 bits per heavy atom. The molecule has 2 amide bonds. The van der Waals surface area contributed by atoms with Crippen molar-refractivity contribution < 1.29 is 4.79 Å². The van der Waals surface area contributed by atoms with Crippen molar-refractivity contribution in [3.8, 4) is 0 Å². The molecule has 1 aromatic rings. The van der Waals surface area contributed by atoms with Crippen molar-refractivity contribution >= 4 is 12.0 Å². The van der Waals surface area contributed by atoms with Crippen LogP contribution in [-0.2, 0) is 0 Å². The van der Waals surface area contributed by atoms with Gasteiger partial charge >= 0.3 is 6.03 Å². The van der Waals surface area contributed by atoms with E-state index < -0.39 is 0 Å². The first kappa shape index (κ1) is 9.05. The van der Waals surface area contributed by atoms with Gasteiger partial charge in [-0.25, -0.2) is 9.78 Å². The summed E-state index contributed by atoms with van der Waals surface area (Å²) in [7, 11) is 0.